The van der Waals surface area contributed by atoms with Crippen LogP contribution in [0.4, 0.5) is 0 Å². The molecule has 0 aromatic carbocycles. The van der Waals surface area contributed by atoms with E-state index >= 15 is 0 Å². The fraction of sp³-hybridized carbons (Fsp3) is 0.812. The third kappa shape index (κ3) is 10.3. The van der Waals surface area contributed by atoms with Crippen LogP contribution in [0.3, 0.4) is 0 Å². The highest BCUT2D eigenvalue weighted by molar-refractivity contribution is 5.85. The summed E-state index contributed by atoms with van der Waals surface area (Å²) in [5.41, 5.74) is 0. The van der Waals surface area contributed by atoms with E-state index in [-0.39, 0.29) is 42.5 Å². The van der Waals surface area contributed by atoms with Crippen LogP contribution < -0.4 is 10.6 Å². The number of ketones is 1. The average Bonchev–Trinajstić information content (AvgIpc) is 2.42. The first-order valence-electron chi connectivity index (χ1n) is 8.02. The van der Waals surface area contributed by atoms with Crippen molar-refractivity contribution in [3.8, 4) is 0 Å². The number of carboxylic acids is 1. The first-order chi connectivity index (χ1) is 10.2. The molecule has 0 saturated carbocycles. The summed E-state index contributed by atoms with van der Waals surface area (Å²) in [6.07, 6.45) is 2.23. The maximum Gasteiger partial charge on any atom is 0.303 e. The highest BCUT2D eigenvalue weighted by atomic mass is 16.4. The zero-order chi connectivity index (χ0) is 17.1. The number of amides is 1. The lowest BCUT2D eigenvalue weighted by molar-refractivity contribution is -0.138. The number of aliphatic carboxylic acids is 1. The van der Waals surface area contributed by atoms with E-state index in [2.05, 4.69) is 10.6 Å². The molecule has 0 radical (unpaired) electrons. The largest absolute Gasteiger partial charge is 0.481 e. The Morgan fingerprint density at radius 3 is 2.14 bits per heavy atom. The molecule has 0 saturated heterocycles. The summed E-state index contributed by atoms with van der Waals surface area (Å²) < 4.78 is 0. The molecule has 0 fully saturated rings. The monoisotopic (exact) mass is 314 g/mol. The van der Waals surface area contributed by atoms with Gasteiger partial charge in [-0.05, 0) is 19.3 Å². The fourth-order valence-corrected chi connectivity index (χ4v) is 2.12. The topological polar surface area (TPSA) is 95.5 Å². The first-order valence-corrected chi connectivity index (χ1v) is 8.02. The van der Waals surface area contributed by atoms with Crippen molar-refractivity contribution in [2.75, 3.05) is 6.54 Å². The smallest absolute Gasteiger partial charge is 0.303 e. The summed E-state index contributed by atoms with van der Waals surface area (Å²) in [5.74, 6) is -0.978. The number of carboxylic acid groups (broad SMARTS) is 1. The van der Waals surface area contributed by atoms with Crippen molar-refractivity contribution >= 4 is 17.7 Å². The lowest BCUT2D eigenvalue weighted by atomic mass is 9.96. The van der Waals surface area contributed by atoms with E-state index in [1.165, 1.54) is 0 Å². The van der Waals surface area contributed by atoms with Crippen molar-refractivity contribution in [1.82, 2.24) is 10.6 Å². The van der Waals surface area contributed by atoms with Crippen molar-refractivity contribution < 1.29 is 19.5 Å². The van der Waals surface area contributed by atoms with E-state index in [1.54, 1.807) is 0 Å². The van der Waals surface area contributed by atoms with Crippen LogP contribution in [0.2, 0.25) is 0 Å². The van der Waals surface area contributed by atoms with E-state index in [0.29, 0.717) is 6.54 Å². The van der Waals surface area contributed by atoms with E-state index in [9.17, 15) is 14.4 Å². The molecule has 0 bridgehead atoms. The van der Waals surface area contributed by atoms with Crippen LogP contribution in [-0.4, -0.2) is 41.4 Å². The zero-order valence-corrected chi connectivity index (χ0v) is 14.1. The Hall–Kier alpha value is -1.43. The number of carbonyl (C=O) groups excluding carboxylic acids is 2. The van der Waals surface area contributed by atoms with Crippen molar-refractivity contribution in [3.63, 3.8) is 0 Å². The number of rotatable bonds is 12. The van der Waals surface area contributed by atoms with Crippen LogP contribution in [-0.2, 0) is 14.4 Å². The van der Waals surface area contributed by atoms with Gasteiger partial charge in [0, 0.05) is 24.9 Å². The highest BCUT2D eigenvalue weighted by Gasteiger charge is 2.21. The quantitative estimate of drug-likeness (QED) is 0.477. The van der Waals surface area contributed by atoms with Crippen molar-refractivity contribution in [2.24, 2.45) is 5.92 Å². The van der Waals surface area contributed by atoms with Gasteiger partial charge in [0.05, 0.1) is 12.5 Å². The Bertz CT molecular complexity index is 367. The van der Waals surface area contributed by atoms with E-state index in [1.807, 2.05) is 27.7 Å². The standard InChI is InChI=1S/C16H30N2O4/c1-11(2)16(22)13(18-12(3)4)7-5-6-10-17-14(19)8-9-15(20)21/h11-13,18H,5-10H2,1-4H3,(H,17,19)(H,20,21). The zero-order valence-electron chi connectivity index (χ0n) is 14.1. The van der Waals surface area contributed by atoms with E-state index in [4.69, 9.17) is 5.11 Å². The molecular weight excluding hydrogens is 284 g/mol. The number of unbranched alkanes of at least 4 members (excludes halogenated alkanes) is 1. The number of carbonyl (C=O) groups is 3. The van der Waals surface area contributed by atoms with Gasteiger partial charge in [0.2, 0.25) is 5.91 Å². The highest BCUT2D eigenvalue weighted by Crippen LogP contribution is 2.08. The second kappa shape index (κ2) is 11.2. The van der Waals surface area contributed by atoms with Crippen LogP contribution in [0.5, 0.6) is 0 Å². The molecule has 128 valence electrons. The molecule has 0 spiro atoms. The van der Waals surface area contributed by atoms with Crippen molar-refractivity contribution in [3.05, 3.63) is 0 Å². The average molecular weight is 314 g/mol. The van der Waals surface area contributed by atoms with Crippen molar-refractivity contribution in [2.45, 2.75) is 71.9 Å². The molecule has 0 aromatic rings. The Morgan fingerprint density at radius 2 is 1.64 bits per heavy atom. The molecule has 0 aliphatic heterocycles. The molecular formula is C16H30N2O4. The fourth-order valence-electron chi connectivity index (χ4n) is 2.12. The summed E-state index contributed by atoms with van der Waals surface area (Å²) in [7, 11) is 0. The van der Waals surface area contributed by atoms with Gasteiger partial charge in [-0.1, -0.05) is 27.7 Å². The molecule has 0 aliphatic carbocycles. The van der Waals surface area contributed by atoms with Gasteiger partial charge >= 0.3 is 5.97 Å². The summed E-state index contributed by atoms with van der Waals surface area (Å²) in [5, 5.41) is 14.5. The van der Waals surface area contributed by atoms with Gasteiger partial charge in [0.15, 0.2) is 5.78 Å². The molecule has 0 heterocycles. The summed E-state index contributed by atoms with van der Waals surface area (Å²) in [6.45, 7) is 8.36. The van der Waals surface area contributed by atoms with Crippen LogP contribution in [0.15, 0.2) is 0 Å². The molecule has 1 atom stereocenters. The molecule has 0 aromatic heterocycles. The van der Waals surface area contributed by atoms with Crippen LogP contribution in [0.1, 0.15) is 59.8 Å². The van der Waals surface area contributed by atoms with Gasteiger partial charge in [-0.15, -0.1) is 0 Å². The molecule has 1 unspecified atom stereocenters. The number of hydrogen-bond donors (Lipinski definition) is 3. The summed E-state index contributed by atoms with van der Waals surface area (Å²) >= 11 is 0. The van der Waals surface area contributed by atoms with Crippen molar-refractivity contribution in [1.29, 1.82) is 0 Å². The predicted molar refractivity (Wildman–Crippen MR) is 85.6 cm³/mol. The third-order valence-electron chi connectivity index (χ3n) is 3.25. The Kier molecular flexibility index (Phi) is 10.5. The van der Waals surface area contributed by atoms with E-state index < -0.39 is 5.97 Å². The predicted octanol–water partition coefficient (Wildman–Crippen LogP) is 1.73. The van der Waals surface area contributed by atoms with Gasteiger partial charge in [-0.2, -0.15) is 0 Å². The molecule has 6 nitrogen and oxygen atoms in total. The molecule has 22 heavy (non-hydrogen) atoms. The molecule has 0 rings (SSSR count). The van der Waals surface area contributed by atoms with E-state index in [0.717, 1.165) is 19.3 Å². The third-order valence-corrected chi connectivity index (χ3v) is 3.25. The van der Waals surface area contributed by atoms with Gasteiger partial charge in [0.1, 0.15) is 0 Å². The van der Waals surface area contributed by atoms with Gasteiger partial charge in [0.25, 0.3) is 0 Å². The number of hydrogen-bond acceptors (Lipinski definition) is 4. The molecule has 6 heteroatoms. The van der Waals surface area contributed by atoms with Gasteiger partial charge in [-0.25, -0.2) is 0 Å². The SMILES string of the molecule is CC(C)NC(CCCCNC(=O)CCC(=O)O)C(=O)C(C)C. The Balaban J connectivity index is 3.96. The minimum Gasteiger partial charge on any atom is -0.481 e. The first kappa shape index (κ1) is 20.6. The van der Waals surface area contributed by atoms with Crippen LogP contribution >= 0.6 is 0 Å². The second-order valence-electron chi connectivity index (χ2n) is 6.17. The van der Waals surface area contributed by atoms with Gasteiger partial charge < -0.3 is 15.7 Å². The van der Waals surface area contributed by atoms with Gasteiger partial charge in [-0.3, -0.25) is 14.4 Å². The normalized spacial score (nSPS) is 12.5. The van der Waals surface area contributed by atoms with Crippen LogP contribution in [0.25, 0.3) is 0 Å². The number of Topliss-reactive ketones (excluding diaryl/α,β-unsaturated/α-hetero) is 1. The molecule has 1 amide bonds. The minimum atomic E-state index is -0.968. The second-order valence-corrected chi connectivity index (χ2v) is 6.17. The molecule has 0 aliphatic rings. The lowest BCUT2D eigenvalue weighted by Crippen LogP contribution is -2.42. The van der Waals surface area contributed by atoms with Crippen LogP contribution in [0, 0.1) is 5.92 Å². The summed E-state index contributed by atoms with van der Waals surface area (Å²) in [4.78, 5) is 33.8. The maximum absolute atomic E-state index is 12.1. The number of nitrogens with one attached hydrogen (secondary N) is 2. The Labute approximate surface area is 133 Å². The minimum absolute atomic E-state index is 0.00646. The molecule has 3 N–H and O–H groups in total. The maximum atomic E-state index is 12.1. The summed E-state index contributed by atoms with van der Waals surface area (Å²) in [6, 6.07) is 0.117. The lowest BCUT2D eigenvalue weighted by Gasteiger charge is -2.22. The Morgan fingerprint density at radius 1 is 1.00 bits per heavy atom.